The van der Waals surface area contributed by atoms with E-state index in [-0.39, 0.29) is 0 Å². The highest BCUT2D eigenvalue weighted by atomic mass is 16.5. The average molecular weight is 310 g/mol. The third-order valence-corrected chi connectivity index (χ3v) is 4.88. The van der Waals surface area contributed by atoms with Crippen LogP contribution in [0.25, 0.3) is 11.0 Å². The van der Waals surface area contributed by atoms with Crippen molar-refractivity contribution < 1.29 is 8.94 Å². The first-order valence-corrected chi connectivity index (χ1v) is 8.28. The summed E-state index contributed by atoms with van der Waals surface area (Å²) >= 11 is 0. The van der Waals surface area contributed by atoms with Crippen molar-refractivity contribution in [2.24, 2.45) is 0 Å². The molecule has 1 aromatic carbocycles. The maximum Gasteiger partial charge on any atom is 0.154 e. The quantitative estimate of drug-likeness (QED) is 0.704. The highest BCUT2D eigenvalue weighted by Gasteiger charge is 2.30. The first-order chi connectivity index (χ1) is 11.1. The topological polar surface area (TPSA) is 42.4 Å². The van der Waals surface area contributed by atoms with E-state index < -0.39 is 0 Å². The van der Waals surface area contributed by atoms with E-state index in [1.54, 1.807) is 0 Å². The molecule has 23 heavy (non-hydrogen) atoms. The summed E-state index contributed by atoms with van der Waals surface area (Å²) in [5.41, 5.74) is 4.45. The lowest BCUT2D eigenvalue weighted by Crippen LogP contribution is -2.22. The van der Waals surface area contributed by atoms with E-state index in [9.17, 15) is 0 Å². The lowest BCUT2D eigenvalue weighted by molar-refractivity contribution is 0.194. The second-order valence-electron chi connectivity index (χ2n) is 6.65. The number of benzene rings is 1. The summed E-state index contributed by atoms with van der Waals surface area (Å²) in [5.74, 6) is 2.04. The molecular weight excluding hydrogens is 288 g/mol. The van der Waals surface area contributed by atoms with Crippen molar-refractivity contribution in [3.63, 3.8) is 0 Å². The van der Waals surface area contributed by atoms with Crippen molar-refractivity contribution in [2.45, 2.75) is 46.2 Å². The first-order valence-electron chi connectivity index (χ1n) is 8.28. The van der Waals surface area contributed by atoms with Crippen LogP contribution < -0.4 is 0 Å². The molecule has 2 aromatic heterocycles. The van der Waals surface area contributed by atoms with Crippen molar-refractivity contribution in [2.75, 3.05) is 6.54 Å². The Bertz CT molecular complexity index is 846. The molecule has 1 atom stereocenters. The SMILES string of the molecule is Cc1ccc2oc(CN3CCCC3c3cc(C)no3)c(C)c2c1. The molecule has 0 aliphatic carbocycles. The standard InChI is InChI=1S/C19H22N2O2/c1-12-6-7-17-15(9-12)14(3)19(22-17)11-21-8-4-5-16(21)18-10-13(2)20-23-18/h6-7,9-10,16H,4-5,8,11H2,1-3H3. The number of hydrogen-bond acceptors (Lipinski definition) is 4. The monoisotopic (exact) mass is 310 g/mol. The van der Waals surface area contributed by atoms with Gasteiger partial charge in [0.05, 0.1) is 18.3 Å². The molecule has 1 fully saturated rings. The molecule has 4 heteroatoms. The maximum absolute atomic E-state index is 6.12. The Morgan fingerprint density at radius 2 is 2.09 bits per heavy atom. The molecule has 120 valence electrons. The fraction of sp³-hybridized carbons (Fsp3) is 0.421. The van der Waals surface area contributed by atoms with Crippen LogP contribution >= 0.6 is 0 Å². The van der Waals surface area contributed by atoms with Gasteiger partial charge < -0.3 is 8.94 Å². The highest BCUT2D eigenvalue weighted by Crippen LogP contribution is 2.35. The fourth-order valence-corrected chi connectivity index (χ4v) is 3.60. The van der Waals surface area contributed by atoms with E-state index >= 15 is 0 Å². The zero-order valence-corrected chi connectivity index (χ0v) is 13.9. The zero-order valence-electron chi connectivity index (χ0n) is 13.9. The molecule has 0 amide bonds. The number of nitrogens with zero attached hydrogens (tertiary/aromatic N) is 2. The van der Waals surface area contributed by atoms with Gasteiger partial charge in [-0.2, -0.15) is 0 Å². The van der Waals surface area contributed by atoms with Crippen LogP contribution in [0.3, 0.4) is 0 Å². The third-order valence-electron chi connectivity index (χ3n) is 4.88. The molecule has 0 N–H and O–H groups in total. The van der Waals surface area contributed by atoms with Crippen molar-refractivity contribution in [1.82, 2.24) is 10.1 Å². The van der Waals surface area contributed by atoms with Gasteiger partial charge in [-0.15, -0.1) is 0 Å². The van der Waals surface area contributed by atoms with Crippen LogP contribution in [0.15, 0.2) is 33.2 Å². The lowest BCUT2D eigenvalue weighted by atomic mass is 10.1. The summed E-state index contributed by atoms with van der Waals surface area (Å²) in [5, 5.41) is 5.27. The molecule has 0 spiro atoms. The molecule has 0 bridgehead atoms. The Balaban J connectivity index is 1.63. The van der Waals surface area contributed by atoms with Crippen LogP contribution in [0.5, 0.6) is 0 Å². The van der Waals surface area contributed by atoms with E-state index in [1.165, 1.54) is 22.9 Å². The van der Waals surface area contributed by atoms with E-state index in [0.29, 0.717) is 6.04 Å². The Morgan fingerprint density at radius 3 is 2.87 bits per heavy atom. The van der Waals surface area contributed by atoms with Crippen LogP contribution in [-0.4, -0.2) is 16.6 Å². The van der Waals surface area contributed by atoms with Crippen LogP contribution in [0.4, 0.5) is 0 Å². The lowest BCUT2D eigenvalue weighted by Gasteiger charge is -2.21. The molecule has 4 nitrogen and oxygen atoms in total. The largest absolute Gasteiger partial charge is 0.459 e. The van der Waals surface area contributed by atoms with Crippen molar-refractivity contribution in [1.29, 1.82) is 0 Å². The van der Waals surface area contributed by atoms with Crippen LogP contribution in [0.2, 0.25) is 0 Å². The van der Waals surface area contributed by atoms with Gasteiger partial charge in [0.15, 0.2) is 5.76 Å². The van der Waals surface area contributed by atoms with Gasteiger partial charge in [0.2, 0.25) is 0 Å². The van der Waals surface area contributed by atoms with Gasteiger partial charge >= 0.3 is 0 Å². The summed E-state index contributed by atoms with van der Waals surface area (Å²) in [7, 11) is 0. The van der Waals surface area contributed by atoms with Crippen LogP contribution in [-0.2, 0) is 6.54 Å². The molecular formula is C19H22N2O2. The molecule has 4 rings (SSSR count). The zero-order chi connectivity index (χ0) is 16.0. The smallest absolute Gasteiger partial charge is 0.154 e. The molecule has 3 aromatic rings. The third kappa shape index (κ3) is 2.57. The van der Waals surface area contributed by atoms with E-state index in [4.69, 9.17) is 8.94 Å². The highest BCUT2D eigenvalue weighted by molar-refractivity contribution is 5.82. The minimum absolute atomic E-state index is 0.311. The molecule has 0 saturated carbocycles. The molecule has 3 heterocycles. The van der Waals surface area contributed by atoms with Gasteiger partial charge in [0.1, 0.15) is 11.3 Å². The number of likely N-dealkylation sites (tertiary alicyclic amines) is 1. The predicted octanol–water partition coefficient (Wildman–Crippen LogP) is 4.68. The summed E-state index contributed by atoms with van der Waals surface area (Å²) in [6.07, 6.45) is 2.30. The normalized spacial score (nSPS) is 19.0. The van der Waals surface area contributed by atoms with Gasteiger partial charge in [-0.3, -0.25) is 4.90 Å². The van der Waals surface area contributed by atoms with Crippen molar-refractivity contribution in [3.05, 3.63) is 52.6 Å². The first kappa shape index (κ1) is 14.5. The minimum Gasteiger partial charge on any atom is -0.459 e. The number of hydrogen-bond donors (Lipinski definition) is 0. The molecule has 1 saturated heterocycles. The number of rotatable bonds is 3. The molecule has 1 aliphatic heterocycles. The number of furan rings is 1. The number of fused-ring (bicyclic) bond motifs is 1. The van der Waals surface area contributed by atoms with E-state index in [1.807, 2.05) is 6.92 Å². The number of aromatic nitrogens is 1. The number of aryl methyl sites for hydroxylation is 3. The van der Waals surface area contributed by atoms with Gasteiger partial charge in [-0.05, 0) is 57.9 Å². The van der Waals surface area contributed by atoms with Crippen LogP contribution in [0, 0.1) is 20.8 Å². The second kappa shape index (κ2) is 5.53. The van der Waals surface area contributed by atoms with Crippen molar-refractivity contribution in [3.8, 4) is 0 Å². The van der Waals surface area contributed by atoms with E-state index in [0.717, 1.165) is 42.3 Å². The predicted molar refractivity (Wildman–Crippen MR) is 89.3 cm³/mol. The summed E-state index contributed by atoms with van der Waals surface area (Å²) in [6, 6.07) is 8.75. The molecule has 1 aliphatic rings. The van der Waals surface area contributed by atoms with Crippen molar-refractivity contribution >= 4 is 11.0 Å². The van der Waals surface area contributed by atoms with Gasteiger partial charge in [0.25, 0.3) is 0 Å². The Morgan fingerprint density at radius 1 is 1.22 bits per heavy atom. The van der Waals surface area contributed by atoms with Gasteiger partial charge in [-0.25, -0.2) is 0 Å². The summed E-state index contributed by atoms with van der Waals surface area (Å²) < 4.78 is 11.6. The Labute approximate surface area is 136 Å². The summed E-state index contributed by atoms with van der Waals surface area (Å²) in [4.78, 5) is 2.44. The molecule has 0 radical (unpaired) electrons. The van der Waals surface area contributed by atoms with Gasteiger partial charge in [-0.1, -0.05) is 16.8 Å². The Kier molecular flexibility index (Phi) is 3.49. The average Bonchev–Trinajstić information content (AvgIpc) is 3.22. The fourth-order valence-electron chi connectivity index (χ4n) is 3.60. The summed E-state index contributed by atoms with van der Waals surface area (Å²) in [6.45, 7) is 8.14. The van der Waals surface area contributed by atoms with Gasteiger partial charge in [0, 0.05) is 11.5 Å². The van der Waals surface area contributed by atoms with E-state index in [2.05, 4.69) is 48.2 Å². The second-order valence-corrected chi connectivity index (χ2v) is 6.65. The Hall–Kier alpha value is -2.07. The maximum atomic E-state index is 6.12. The van der Waals surface area contributed by atoms with Crippen LogP contribution in [0.1, 0.15) is 47.2 Å². The minimum atomic E-state index is 0.311. The molecule has 1 unspecified atom stereocenters.